The number of carbonyl (C=O) groups excluding carboxylic acids is 2. The molecular weight excluding hydrogens is 511 g/mol. The molecule has 0 bridgehead atoms. The topological polar surface area (TPSA) is 71.5 Å². The number of benzene rings is 2. The average Bonchev–Trinajstić information content (AvgIpc) is 3.44. The summed E-state index contributed by atoms with van der Waals surface area (Å²) in [6.07, 6.45) is 0.385. The number of aromatic nitrogens is 1. The van der Waals surface area contributed by atoms with Crippen LogP contribution in [0.3, 0.4) is 0 Å². The first-order valence-corrected chi connectivity index (χ1v) is 14.4. The van der Waals surface area contributed by atoms with Gasteiger partial charge in [-0.3, -0.25) is 4.79 Å². The van der Waals surface area contributed by atoms with Crippen LogP contribution in [0.5, 0.6) is 0 Å². The second kappa shape index (κ2) is 10.6. The molecule has 0 atom stereocenters. The molecule has 9 heteroatoms. The zero-order chi connectivity index (χ0) is 25.2. The Hall–Kier alpha value is -2.88. The predicted molar refractivity (Wildman–Crippen MR) is 149 cm³/mol. The molecule has 2 aromatic heterocycles. The van der Waals surface area contributed by atoms with Gasteiger partial charge in [0.05, 0.1) is 23.4 Å². The average molecular weight is 538 g/mol. The molecule has 0 fully saturated rings. The minimum absolute atomic E-state index is 0.153. The molecule has 4 aromatic rings. The lowest BCUT2D eigenvalue weighted by molar-refractivity contribution is 0.102. The van der Waals surface area contributed by atoms with Crippen molar-refractivity contribution in [2.24, 2.45) is 0 Å². The highest BCUT2D eigenvalue weighted by Crippen LogP contribution is 2.46. The lowest BCUT2D eigenvalue weighted by Gasteiger charge is -2.26. The summed E-state index contributed by atoms with van der Waals surface area (Å²) in [7, 11) is 0. The van der Waals surface area contributed by atoms with Gasteiger partial charge in [-0.25, -0.2) is 9.78 Å². The summed E-state index contributed by atoms with van der Waals surface area (Å²) in [4.78, 5) is 34.4. The molecule has 5 rings (SSSR count). The maximum atomic E-state index is 13.3. The molecule has 0 unspecified atom stereocenters. The molecule has 186 valence electrons. The molecule has 1 N–H and O–H groups in total. The Labute approximate surface area is 222 Å². The maximum absolute atomic E-state index is 13.3. The second-order valence-corrected chi connectivity index (χ2v) is 12.5. The van der Waals surface area contributed by atoms with Gasteiger partial charge in [0.1, 0.15) is 10.0 Å². The van der Waals surface area contributed by atoms with E-state index in [1.807, 2.05) is 49.4 Å². The number of amides is 2. The summed E-state index contributed by atoms with van der Waals surface area (Å²) >= 11 is 4.92. The Balaban J connectivity index is 1.49. The summed E-state index contributed by atoms with van der Waals surface area (Å²) < 4.78 is 6.33. The van der Waals surface area contributed by atoms with E-state index < -0.39 is 0 Å². The predicted octanol–water partition coefficient (Wildman–Crippen LogP) is 7.29. The summed E-state index contributed by atoms with van der Waals surface area (Å²) in [5.74, 6) is -0.153. The van der Waals surface area contributed by atoms with Gasteiger partial charge in [0, 0.05) is 32.7 Å². The van der Waals surface area contributed by atoms with Crippen LogP contribution in [0.15, 0.2) is 53.4 Å². The Morgan fingerprint density at radius 1 is 1.14 bits per heavy atom. The van der Waals surface area contributed by atoms with Gasteiger partial charge in [0.2, 0.25) is 0 Å². The van der Waals surface area contributed by atoms with Crippen molar-refractivity contribution in [1.82, 2.24) is 9.88 Å². The number of anilines is 1. The van der Waals surface area contributed by atoms with Gasteiger partial charge in [0.25, 0.3) is 5.91 Å². The maximum Gasteiger partial charge on any atom is 0.410 e. The van der Waals surface area contributed by atoms with Gasteiger partial charge in [-0.1, -0.05) is 26.0 Å². The Morgan fingerprint density at radius 2 is 1.92 bits per heavy atom. The quantitative estimate of drug-likeness (QED) is 0.262. The number of hydrogen-bond acceptors (Lipinski definition) is 7. The molecule has 1 aliphatic heterocycles. The summed E-state index contributed by atoms with van der Waals surface area (Å²) in [6, 6.07) is 15.8. The fourth-order valence-electron chi connectivity index (χ4n) is 4.20. The molecule has 0 saturated heterocycles. The zero-order valence-corrected chi connectivity index (χ0v) is 22.8. The molecule has 3 heterocycles. The number of thiophene rings is 1. The van der Waals surface area contributed by atoms with Crippen LogP contribution in [-0.4, -0.2) is 40.3 Å². The first kappa shape index (κ1) is 24.8. The third-order valence-electron chi connectivity index (χ3n) is 5.81. The summed E-state index contributed by atoms with van der Waals surface area (Å²) in [5.41, 5.74) is 3.67. The van der Waals surface area contributed by atoms with Gasteiger partial charge in [-0.15, -0.1) is 34.4 Å². The van der Waals surface area contributed by atoms with Crippen LogP contribution in [0.1, 0.15) is 41.6 Å². The summed E-state index contributed by atoms with van der Waals surface area (Å²) in [6.45, 7) is 7.49. The number of rotatable bonds is 6. The molecule has 0 aliphatic carbocycles. The van der Waals surface area contributed by atoms with E-state index in [1.54, 1.807) is 28.0 Å². The van der Waals surface area contributed by atoms with Crippen molar-refractivity contribution in [3.05, 3.63) is 64.5 Å². The van der Waals surface area contributed by atoms with Gasteiger partial charge >= 0.3 is 6.09 Å². The number of thiazole rings is 1. The number of nitrogens with zero attached hydrogens (tertiary/aromatic N) is 2. The number of carbonyl (C=O) groups is 2. The number of ether oxygens (including phenoxy) is 1. The number of thioether (sulfide) groups is 1. The number of para-hydroxylation sites is 1. The third kappa shape index (κ3) is 5.14. The first-order valence-electron chi connectivity index (χ1n) is 11.9. The molecule has 2 amide bonds. The lowest BCUT2D eigenvalue weighted by Crippen LogP contribution is -2.35. The minimum Gasteiger partial charge on any atom is -0.450 e. The van der Waals surface area contributed by atoms with E-state index in [2.05, 4.69) is 25.2 Å². The van der Waals surface area contributed by atoms with Crippen molar-refractivity contribution in [2.75, 3.05) is 18.5 Å². The molecule has 0 spiro atoms. The van der Waals surface area contributed by atoms with Crippen LogP contribution in [-0.2, 0) is 17.7 Å². The van der Waals surface area contributed by atoms with Gasteiger partial charge in [-0.05, 0) is 55.3 Å². The van der Waals surface area contributed by atoms with E-state index in [4.69, 9.17) is 9.72 Å². The Bertz CT molecular complexity index is 1380. The van der Waals surface area contributed by atoms with E-state index in [9.17, 15) is 9.59 Å². The third-order valence-corrected chi connectivity index (χ3v) is 9.01. The summed E-state index contributed by atoms with van der Waals surface area (Å²) in [5, 5.41) is 5.30. The molecule has 6 nitrogen and oxygen atoms in total. The van der Waals surface area contributed by atoms with E-state index in [0.29, 0.717) is 36.9 Å². The monoisotopic (exact) mass is 537 g/mol. The molecule has 36 heavy (non-hydrogen) atoms. The number of hydrogen-bond donors (Lipinski definition) is 1. The van der Waals surface area contributed by atoms with Crippen molar-refractivity contribution in [2.45, 2.75) is 43.9 Å². The van der Waals surface area contributed by atoms with Crippen molar-refractivity contribution in [3.63, 3.8) is 0 Å². The minimum atomic E-state index is -0.303. The first-order chi connectivity index (χ1) is 17.4. The fraction of sp³-hybridized carbons (Fsp3) is 0.296. The smallest absolute Gasteiger partial charge is 0.410 e. The van der Waals surface area contributed by atoms with Gasteiger partial charge in [-0.2, -0.15) is 0 Å². The highest BCUT2D eigenvalue weighted by molar-refractivity contribution is 7.99. The van der Waals surface area contributed by atoms with Crippen molar-refractivity contribution in [1.29, 1.82) is 0 Å². The Morgan fingerprint density at radius 3 is 2.64 bits per heavy atom. The Kier molecular flexibility index (Phi) is 7.32. The standard InChI is InChI=1S/C27H27N3O3S3/c1-4-33-27(32)30-14-13-19-22(15-30)36-26(23(19)25-28-20-7-5-6-8-21(20)35-25)29-24(31)17-9-11-18(12-10-17)34-16(2)3/h5-12,16H,4,13-15H2,1-3H3,(H,29,31). The number of fused-ring (bicyclic) bond motifs is 2. The van der Waals surface area contributed by atoms with Crippen LogP contribution in [0.25, 0.3) is 20.8 Å². The lowest BCUT2D eigenvalue weighted by atomic mass is 10.0. The highest BCUT2D eigenvalue weighted by atomic mass is 32.2. The normalized spacial score (nSPS) is 13.2. The molecule has 0 saturated carbocycles. The SMILES string of the molecule is CCOC(=O)N1CCc2c(sc(NC(=O)c3ccc(SC(C)C)cc3)c2-c2nc3ccccc3s2)C1. The van der Waals surface area contributed by atoms with E-state index in [1.165, 1.54) is 11.3 Å². The van der Waals surface area contributed by atoms with Crippen LogP contribution in [0.2, 0.25) is 0 Å². The molecule has 1 aliphatic rings. The van der Waals surface area contributed by atoms with E-state index >= 15 is 0 Å². The van der Waals surface area contributed by atoms with Crippen LogP contribution in [0, 0.1) is 0 Å². The molecule has 0 radical (unpaired) electrons. The largest absolute Gasteiger partial charge is 0.450 e. The highest BCUT2D eigenvalue weighted by Gasteiger charge is 2.30. The van der Waals surface area contributed by atoms with Gasteiger partial charge in [0.15, 0.2) is 0 Å². The van der Waals surface area contributed by atoms with E-state index in [0.717, 1.165) is 41.1 Å². The van der Waals surface area contributed by atoms with Crippen molar-refractivity contribution >= 4 is 61.7 Å². The van der Waals surface area contributed by atoms with Crippen LogP contribution >= 0.6 is 34.4 Å². The second-order valence-electron chi connectivity index (χ2n) is 8.71. The van der Waals surface area contributed by atoms with Crippen molar-refractivity contribution < 1.29 is 14.3 Å². The molecular formula is C27H27N3O3S3. The van der Waals surface area contributed by atoms with Crippen LogP contribution < -0.4 is 5.32 Å². The van der Waals surface area contributed by atoms with Crippen LogP contribution in [0.4, 0.5) is 9.80 Å². The number of nitrogens with one attached hydrogen (secondary N) is 1. The fourth-order valence-corrected chi connectivity index (χ4v) is 7.41. The zero-order valence-electron chi connectivity index (χ0n) is 20.4. The molecule has 2 aromatic carbocycles. The van der Waals surface area contributed by atoms with E-state index in [-0.39, 0.29) is 12.0 Å². The van der Waals surface area contributed by atoms with Crippen molar-refractivity contribution in [3.8, 4) is 10.6 Å². The van der Waals surface area contributed by atoms with Gasteiger partial charge < -0.3 is 15.0 Å².